The van der Waals surface area contributed by atoms with Gasteiger partial charge in [-0.1, -0.05) is 20.8 Å². The van der Waals surface area contributed by atoms with Gasteiger partial charge in [-0.25, -0.2) is 0 Å². The Hall–Kier alpha value is -1.14. The molecule has 1 saturated carbocycles. The third-order valence-corrected chi connectivity index (χ3v) is 6.96. The number of piperidine rings is 1. The number of hydrogen-bond donors (Lipinski definition) is 1. The number of nitrogens with one attached hydrogen (secondary N) is 1. The molecule has 3 aliphatic rings. The topological polar surface area (TPSA) is 55.9 Å². The molecule has 3 fully saturated rings. The van der Waals surface area contributed by atoms with Crippen LogP contribution < -0.4 is 5.32 Å². The molecular formula is C21H38N4O2. The Balaban J connectivity index is 1.33. The first kappa shape index (κ1) is 20.6. The van der Waals surface area contributed by atoms with Crippen LogP contribution in [0.2, 0.25) is 0 Å². The lowest BCUT2D eigenvalue weighted by molar-refractivity contribution is -0.135. The van der Waals surface area contributed by atoms with Crippen LogP contribution in [0.1, 0.15) is 52.9 Å². The number of rotatable bonds is 6. The minimum Gasteiger partial charge on any atom is -0.353 e. The van der Waals surface area contributed by atoms with Gasteiger partial charge < -0.3 is 20.0 Å². The summed E-state index contributed by atoms with van der Waals surface area (Å²) in [6, 6.07) is 0.351. The van der Waals surface area contributed by atoms with Crippen LogP contribution in [0, 0.1) is 11.3 Å². The summed E-state index contributed by atoms with van der Waals surface area (Å²) in [6.45, 7) is 14.4. The molecular weight excluding hydrogens is 340 g/mol. The van der Waals surface area contributed by atoms with Crippen molar-refractivity contribution in [2.75, 3.05) is 52.4 Å². The number of likely N-dealkylation sites (N-methyl/N-ethyl adjacent to an activating group) is 1. The molecule has 154 valence electrons. The Bertz CT molecular complexity index is 512. The highest BCUT2D eigenvalue weighted by atomic mass is 16.2. The Morgan fingerprint density at radius 1 is 1.00 bits per heavy atom. The van der Waals surface area contributed by atoms with Crippen LogP contribution >= 0.6 is 0 Å². The maximum Gasteiger partial charge on any atom is 0.223 e. The summed E-state index contributed by atoms with van der Waals surface area (Å²) in [5, 5.41) is 3.16. The van der Waals surface area contributed by atoms with Crippen molar-refractivity contribution < 1.29 is 9.59 Å². The smallest absolute Gasteiger partial charge is 0.223 e. The van der Waals surface area contributed by atoms with Gasteiger partial charge in [0.25, 0.3) is 0 Å². The number of piperazine rings is 1. The maximum absolute atomic E-state index is 12.6. The molecule has 3 rings (SSSR count). The Kier molecular flexibility index (Phi) is 6.79. The molecule has 2 amide bonds. The third kappa shape index (κ3) is 5.23. The molecule has 6 heteroatoms. The first-order valence-corrected chi connectivity index (χ1v) is 10.9. The number of carbonyl (C=O) groups is 2. The molecule has 1 N–H and O–H groups in total. The molecule has 1 spiro atoms. The fraction of sp³-hybridized carbons (Fsp3) is 0.905. The summed E-state index contributed by atoms with van der Waals surface area (Å²) in [5.41, 5.74) is 0.377. The normalized spacial score (nSPS) is 24.2. The van der Waals surface area contributed by atoms with Crippen LogP contribution in [0.4, 0.5) is 0 Å². The second kappa shape index (κ2) is 8.91. The molecule has 0 aromatic rings. The summed E-state index contributed by atoms with van der Waals surface area (Å²) in [5.74, 6) is 0.556. The van der Waals surface area contributed by atoms with Gasteiger partial charge in [-0.05, 0) is 37.6 Å². The molecule has 2 heterocycles. The minimum atomic E-state index is 0.0611. The van der Waals surface area contributed by atoms with Crippen molar-refractivity contribution in [3.8, 4) is 0 Å². The van der Waals surface area contributed by atoms with Gasteiger partial charge in [0.15, 0.2) is 0 Å². The monoisotopic (exact) mass is 378 g/mol. The summed E-state index contributed by atoms with van der Waals surface area (Å²) in [7, 11) is 0. The van der Waals surface area contributed by atoms with E-state index < -0.39 is 0 Å². The SMILES string of the molecule is CCN1CCN(CCC(=O)N2CCC3(CC2)CC(NC(=O)C(C)C)C3)CC1. The van der Waals surface area contributed by atoms with E-state index >= 15 is 0 Å². The van der Waals surface area contributed by atoms with E-state index in [1.165, 1.54) is 0 Å². The molecule has 6 nitrogen and oxygen atoms in total. The zero-order chi connectivity index (χ0) is 19.4. The number of hydrogen-bond acceptors (Lipinski definition) is 4. The van der Waals surface area contributed by atoms with E-state index in [2.05, 4.69) is 26.9 Å². The van der Waals surface area contributed by atoms with Gasteiger partial charge in [-0.2, -0.15) is 0 Å². The predicted molar refractivity (Wildman–Crippen MR) is 107 cm³/mol. The number of likely N-dealkylation sites (tertiary alicyclic amines) is 1. The summed E-state index contributed by atoms with van der Waals surface area (Å²) < 4.78 is 0. The third-order valence-electron chi connectivity index (χ3n) is 6.96. The quantitative estimate of drug-likeness (QED) is 0.762. The molecule has 0 radical (unpaired) electrons. The highest BCUT2D eigenvalue weighted by Crippen LogP contribution is 2.49. The van der Waals surface area contributed by atoms with Gasteiger partial charge >= 0.3 is 0 Å². The zero-order valence-electron chi connectivity index (χ0n) is 17.5. The average Bonchev–Trinajstić information content (AvgIpc) is 2.65. The van der Waals surface area contributed by atoms with Crippen molar-refractivity contribution in [3.63, 3.8) is 0 Å². The molecule has 2 saturated heterocycles. The molecule has 1 aliphatic carbocycles. The van der Waals surface area contributed by atoms with Crippen LogP contribution in [0.5, 0.6) is 0 Å². The van der Waals surface area contributed by atoms with Crippen LogP contribution in [0.25, 0.3) is 0 Å². The molecule has 0 atom stereocenters. The summed E-state index contributed by atoms with van der Waals surface area (Å²) >= 11 is 0. The van der Waals surface area contributed by atoms with Crippen molar-refractivity contribution in [2.45, 2.75) is 58.9 Å². The molecule has 0 bridgehead atoms. The van der Waals surface area contributed by atoms with E-state index in [1.54, 1.807) is 0 Å². The van der Waals surface area contributed by atoms with Crippen molar-refractivity contribution in [1.82, 2.24) is 20.0 Å². The van der Waals surface area contributed by atoms with Gasteiger partial charge in [0, 0.05) is 64.2 Å². The summed E-state index contributed by atoms with van der Waals surface area (Å²) in [4.78, 5) is 31.4. The maximum atomic E-state index is 12.6. The van der Waals surface area contributed by atoms with Crippen LogP contribution in [0.3, 0.4) is 0 Å². The lowest BCUT2D eigenvalue weighted by Gasteiger charge is -2.52. The van der Waals surface area contributed by atoms with Crippen LogP contribution in [0.15, 0.2) is 0 Å². The van der Waals surface area contributed by atoms with Gasteiger partial charge in [-0.15, -0.1) is 0 Å². The number of amides is 2. The molecule has 0 unspecified atom stereocenters. The first-order valence-electron chi connectivity index (χ1n) is 10.9. The van der Waals surface area contributed by atoms with E-state index in [0.29, 0.717) is 23.8 Å². The van der Waals surface area contributed by atoms with Crippen molar-refractivity contribution >= 4 is 11.8 Å². The van der Waals surface area contributed by atoms with Gasteiger partial charge in [0.1, 0.15) is 0 Å². The fourth-order valence-corrected chi connectivity index (χ4v) is 4.84. The van der Waals surface area contributed by atoms with E-state index in [-0.39, 0.29) is 11.8 Å². The van der Waals surface area contributed by atoms with Gasteiger partial charge in [0.05, 0.1) is 0 Å². The Labute approximate surface area is 164 Å². The van der Waals surface area contributed by atoms with Crippen LogP contribution in [-0.4, -0.2) is 84.9 Å². The summed E-state index contributed by atoms with van der Waals surface area (Å²) in [6.07, 6.45) is 5.04. The number of nitrogens with zero attached hydrogens (tertiary/aromatic N) is 3. The van der Waals surface area contributed by atoms with Gasteiger partial charge in [0.2, 0.25) is 11.8 Å². The van der Waals surface area contributed by atoms with Crippen molar-refractivity contribution in [2.24, 2.45) is 11.3 Å². The average molecular weight is 379 g/mol. The highest BCUT2D eigenvalue weighted by Gasteiger charge is 2.46. The standard InChI is InChI=1S/C21H38N4O2/c1-4-23-11-13-24(14-12-23)8-5-19(26)25-9-6-21(7-10-25)15-18(16-21)22-20(27)17(2)3/h17-18H,4-16H2,1-3H3,(H,22,27). The second-order valence-electron chi connectivity index (χ2n) is 9.18. The number of carbonyl (C=O) groups excluding carboxylic acids is 2. The molecule has 0 aromatic carbocycles. The second-order valence-corrected chi connectivity index (χ2v) is 9.18. The zero-order valence-corrected chi connectivity index (χ0v) is 17.5. The van der Waals surface area contributed by atoms with E-state index in [1.807, 2.05) is 13.8 Å². The lowest BCUT2D eigenvalue weighted by Crippen LogP contribution is -2.56. The largest absolute Gasteiger partial charge is 0.353 e. The van der Waals surface area contributed by atoms with E-state index in [4.69, 9.17) is 0 Å². The first-order chi connectivity index (χ1) is 12.9. The molecule has 0 aromatic heterocycles. The molecule has 27 heavy (non-hydrogen) atoms. The van der Waals surface area contributed by atoms with E-state index in [9.17, 15) is 9.59 Å². The van der Waals surface area contributed by atoms with Gasteiger partial charge in [-0.3, -0.25) is 9.59 Å². The van der Waals surface area contributed by atoms with E-state index in [0.717, 1.165) is 78.0 Å². The Morgan fingerprint density at radius 3 is 2.15 bits per heavy atom. The predicted octanol–water partition coefficient (Wildman–Crippen LogP) is 1.56. The minimum absolute atomic E-state index is 0.0611. The molecule has 2 aliphatic heterocycles. The Morgan fingerprint density at radius 2 is 1.59 bits per heavy atom. The fourth-order valence-electron chi connectivity index (χ4n) is 4.84. The van der Waals surface area contributed by atoms with Crippen molar-refractivity contribution in [3.05, 3.63) is 0 Å². The van der Waals surface area contributed by atoms with Crippen LogP contribution in [-0.2, 0) is 9.59 Å². The van der Waals surface area contributed by atoms with Crippen molar-refractivity contribution in [1.29, 1.82) is 0 Å². The lowest BCUT2D eigenvalue weighted by atomic mass is 9.60. The highest BCUT2D eigenvalue weighted by molar-refractivity contribution is 5.78.